The molecule has 1 aromatic rings. The molecule has 1 aliphatic heterocycles. The molecule has 18 heavy (non-hydrogen) atoms. The first kappa shape index (κ1) is 13.1. The summed E-state index contributed by atoms with van der Waals surface area (Å²) in [5.74, 6) is 0.182. The fourth-order valence-corrected chi connectivity index (χ4v) is 2.47. The summed E-state index contributed by atoms with van der Waals surface area (Å²) in [4.78, 5) is 13.9. The number of hydrogen-bond donors (Lipinski definition) is 2. The van der Waals surface area contributed by atoms with Crippen LogP contribution in [0.3, 0.4) is 0 Å². The molecule has 0 fully saturated rings. The third kappa shape index (κ3) is 2.40. The van der Waals surface area contributed by atoms with Gasteiger partial charge in [-0.05, 0) is 37.6 Å². The number of carbonyl (C=O) groups excluding carboxylic acids is 1. The van der Waals surface area contributed by atoms with Crippen molar-refractivity contribution in [3.05, 3.63) is 29.3 Å². The van der Waals surface area contributed by atoms with Crippen LogP contribution in [0.15, 0.2) is 18.2 Å². The van der Waals surface area contributed by atoms with E-state index in [-0.39, 0.29) is 11.9 Å². The first-order chi connectivity index (χ1) is 8.67. The highest BCUT2D eigenvalue weighted by atomic mass is 16.2. The van der Waals surface area contributed by atoms with Crippen molar-refractivity contribution < 1.29 is 4.79 Å². The molecule has 0 saturated heterocycles. The monoisotopic (exact) mass is 247 g/mol. The van der Waals surface area contributed by atoms with Gasteiger partial charge in [-0.15, -0.1) is 0 Å². The molecular weight excluding hydrogens is 226 g/mol. The van der Waals surface area contributed by atoms with E-state index in [1.165, 1.54) is 11.1 Å². The maximum atomic E-state index is 12.0. The Morgan fingerprint density at radius 1 is 1.44 bits per heavy atom. The fourth-order valence-electron chi connectivity index (χ4n) is 2.47. The minimum atomic E-state index is 0.0618. The number of nitrogens with one attached hydrogen (secondary N) is 1. The molecule has 0 aromatic heterocycles. The average molecular weight is 247 g/mol. The van der Waals surface area contributed by atoms with Gasteiger partial charge in [-0.25, -0.2) is 0 Å². The fraction of sp³-hybridized carbons (Fsp3) is 0.500. The number of rotatable bonds is 4. The minimum absolute atomic E-state index is 0.0618. The van der Waals surface area contributed by atoms with E-state index in [4.69, 9.17) is 5.73 Å². The van der Waals surface area contributed by atoms with Crippen LogP contribution in [0.2, 0.25) is 0 Å². The lowest BCUT2D eigenvalue weighted by molar-refractivity contribution is -0.119. The highest BCUT2D eigenvalue weighted by Crippen LogP contribution is 2.30. The summed E-state index contributed by atoms with van der Waals surface area (Å²) in [6.45, 7) is 3.34. The lowest BCUT2D eigenvalue weighted by Crippen LogP contribution is -2.45. The Balaban J connectivity index is 2.35. The van der Waals surface area contributed by atoms with E-state index in [0.29, 0.717) is 13.0 Å². The zero-order chi connectivity index (χ0) is 13.1. The molecule has 1 unspecified atom stereocenters. The van der Waals surface area contributed by atoms with Crippen molar-refractivity contribution in [2.75, 3.05) is 18.5 Å². The van der Waals surface area contributed by atoms with Gasteiger partial charge in [0, 0.05) is 31.2 Å². The van der Waals surface area contributed by atoms with E-state index in [9.17, 15) is 4.79 Å². The van der Waals surface area contributed by atoms with Gasteiger partial charge in [0.15, 0.2) is 0 Å². The van der Waals surface area contributed by atoms with Gasteiger partial charge in [-0.1, -0.05) is 12.1 Å². The molecule has 0 saturated carbocycles. The van der Waals surface area contributed by atoms with Gasteiger partial charge in [0.25, 0.3) is 0 Å². The maximum Gasteiger partial charge on any atom is 0.227 e. The van der Waals surface area contributed by atoms with Crippen molar-refractivity contribution in [1.29, 1.82) is 0 Å². The number of aryl methyl sites for hydroxylation is 1. The first-order valence-corrected chi connectivity index (χ1v) is 6.46. The van der Waals surface area contributed by atoms with Crippen LogP contribution in [-0.2, 0) is 17.8 Å². The van der Waals surface area contributed by atoms with Crippen LogP contribution in [-0.4, -0.2) is 25.5 Å². The molecule has 4 nitrogen and oxygen atoms in total. The van der Waals surface area contributed by atoms with Crippen molar-refractivity contribution in [2.24, 2.45) is 5.73 Å². The Labute approximate surface area is 108 Å². The number of amides is 1. The average Bonchev–Trinajstić information content (AvgIpc) is 2.38. The van der Waals surface area contributed by atoms with Crippen LogP contribution in [0.1, 0.15) is 24.5 Å². The molecule has 0 radical (unpaired) electrons. The van der Waals surface area contributed by atoms with Crippen LogP contribution >= 0.6 is 0 Å². The van der Waals surface area contributed by atoms with Gasteiger partial charge >= 0.3 is 0 Å². The van der Waals surface area contributed by atoms with Gasteiger partial charge in [-0.2, -0.15) is 0 Å². The highest BCUT2D eigenvalue weighted by Gasteiger charge is 2.27. The number of fused-ring (bicyclic) bond motifs is 1. The van der Waals surface area contributed by atoms with E-state index in [2.05, 4.69) is 17.4 Å². The second kappa shape index (κ2) is 5.50. The Kier molecular flexibility index (Phi) is 3.99. The topological polar surface area (TPSA) is 58.4 Å². The zero-order valence-corrected chi connectivity index (χ0v) is 11.1. The van der Waals surface area contributed by atoms with Crippen molar-refractivity contribution in [1.82, 2.24) is 5.32 Å². The first-order valence-electron chi connectivity index (χ1n) is 6.46. The summed E-state index contributed by atoms with van der Waals surface area (Å²) in [7, 11) is 1.94. The molecule has 2 rings (SSSR count). The Hall–Kier alpha value is -1.39. The number of benzene rings is 1. The molecule has 0 bridgehead atoms. The summed E-state index contributed by atoms with van der Waals surface area (Å²) in [6.07, 6.45) is 1.42. The molecule has 98 valence electrons. The van der Waals surface area contributed by atoms with Crippen molar-refractivity contribution in [3.63, 3.8) is 0 Å². The maximum absolute atomic E-state index is 12.0. The summed E-state index contributed by atoms with van der Waals surface area (Å²) in [5, 5.41) is 3.14. The van der Waals surface area contributed by atoms with E-state index < -0.39 is 0 Å². The van der Waals surface area contributed by atoms with E-state index >= 15 is 0 Å². The summed E-state index contributed by atoms with van der Waals surface area (Å²) in [6, 6.07) is 6.37. The summed E-state index contributed by atoms with van der Waals surface area (Å²) >= 11 is 0. The third-order valence-electron chi connectivity index (χ3n) is 3.44. The summed E-state index contributed by atoms with van der Waals surface area (Å²) in [5.41, 5.74) is 9.24. The van der Waals surface area contributed by atoms with E-state index in [0.717, 1.165) is 18.7 Å². The lowest BCUT2D eigenvalue weighted by atomic mass is 9.97. The SMILES string of the molecule is CNCc1ccc2c(c1)CCC(=O)N2C(C)CN. The predicted octanol–water partition coefficient (Wildman–Crippen LogP) is 1.03. The molecule has 0 spiro atoms. The molecule has 0 aliphatic carbocycles. The van der Waals surface area contributed by atoms with Gasteiger partial charge < -0.3 is 16.0 Å². The van der Waals surface area contributed by atoms with E-state index in [1.807, 2.05) is 24.9 Å². The van der Waals surface area contributed by atoms with Crippen LogP contribution in [0.5, 0.6) is 0 Å². The van der Waals surface area contributed by atoms with Crippen LogP contribution < -0.4 is 16.0 Å². The molecule has 4 heteroatoms. The summed E-state index contributed by atoms with van der Waals surface area (Å²) < 4.78 is 0. The normalized spacial score (nSPS) is 16.6. The van der Waals surface area contributed by atoms with Crippen LogP contribution in [0, 0.1) is 0 Å². The van der Waals surface area contributed by atoms with Gasteiger partial charge in [-0.3, -0.25) is 4.79 Å². The number of carbonyl (C=O) groups is 1. The van der Waals surface area contributed by atoms with Crippen LogP contribution in [0.4, 0.5) is 5.69 Å². The molecule has 1 aliphatic rings. The third-order valence-corrected chi connectivity index (χ3v) is 3.44. The van der Waals surface area contributed by atoms with Crippen molar-refractivity contribution in [3.8, 4) is 0 Å². The number of hydrogen-bond acceptors (Lipinski definition) is 3. The number of nitrogens with two attached hydrogens (primary N) is 1. The lowest BCUT2D eigenvalue weighted by Gasteiger charge is -2.34. The van der Waals surface area contributed by atoms with E-state index in [1.54, 1.807) is 0 Å². The molecular formula is C14H21N3O. The smallest absolute Gasteiger partial charge is 0.227 e. The molecule has 1 amide bonds. The highest BCUT2D eigenvalue weighted by molar-refractivity contribution is 5.97. The molecule has 1 heterocycles. The predicted molar refractivity (Wildman–Crippen MR) is 73.5 cm³/mol. The Morgan fingerprint density at radius 2 is 2.22 bits per heavy atom. The largest absolute Gasteiger partial charge is 0.328 e. The standard InChI is InChI=1S/C14H21N3O/c1-10(8-15)17-13-5-3-11(9-16-2)7-12(13)4-6-14(17)18/h3,5,7,10,16H,4,6,8-9,15H2,1-2H3. The second-order valence-corrected chi connectivity index (χ2v) is 4.84. The molecule has 1 aromatic carbocycles. The van der Waals surface area contributed by atoms with Gasteiger partial charge in [0.2, 0.25) is 5.91 Å². The van der Waals surface area contributed by atoms with Crippen LogP contribution in [0.25, 0.3) is 0 Å². The van der Waals surface area contributed by atoms with Gasteiger partial charge in [0.05, 0.1) is 0 Å². The van der Waals surface area contributed by atoms with Crippen molar-refractivity contribution >= 4 is 11.6 Å². The number of anilines is 1. The zero-order valence-electron chi connectivity index (χ0n) is 11.1. The quantitative estimate of drug-likeness (QED) is 0.835. The second-order valence-electron chi connectivity index (χ2n) is 4.84. The number of nitrogens with zero attached hydrogens (tertiary/aromatic N) is 1. The Bertz CT molecular complexity index is 445. The minimum Gasteiger partial charge on any atom is -0.328 e. The molecule has 3 N–H and O–H groups in total. The Morgan fingerprint density at radius 3 is 2.89 bits per heavy atom. The van der Waals surface area contributed by atoms with Gasteiger partial charge in [0.1, 0.15) is 0 Å². The molecule has 1 atom stereocenters. The van der Waals surface area contributed by atoms with Crippen molar-refractivity contribution in [2.45, 2.75) is 32.4 Å².